The smallest absolute Gasteiger partial charge is 0.453 e. The largest absolute Gasteiger partial charge is 0.504 e. The number of sulfone groups is 1. The van der Waals surface area contributed by atoms with Gasteiger partial charge in [0.15, 0.2) is 21.3 Å². The van der Waals surface area contributed by atoms with Gasteiger partial charge in [-0.05, 0) is 102 Å². The summed E-state index contributed by atoms with van der Waals surface area (Å²) in [5.41, 5.74) is 0.935. The summed E-state index contributed by atoms with van der Waals surface area (Å²) in [6, 6.07) is 9.07. The normalized spacial score (nSPS) is 31.9. The van der Waals surface area contributed by atoms with Crippen LogP contribution in [0.25, 0.3) is 0 Å². The summed E-state index contributed by atoms with van der Waals surface area (Å²) in [5.74, 6) is -8.61. The van der Waals surface area contributed by atoms with Crippen molar-refractivity contribution in [1.82, 2.24) is 0 Å². The van der Waals surface area contributed by atoms with Crippen LogP contribution in [-0.2, 0) is 16.3 Å². The Bertz CT molecular complexity index is 1320. The van der Waals surface area contributed by atoms with Gasteiger partial charge in [0.05, 0.1) is 4.90 Å². The Labute approximate surface area is 212 Å². The van der Waals surface area contributed by atoms with Crippen molar-refractivity contribution in [2.45, 2.75) is 67.9 Å². The number of phenols is 2. The van der Waals surface area contributed by atoms with Gasteiger partial charge in [-0.15, -0.1) is 0 Å². The van der Waals surface area contributed by atoms with E-state index in [4.69, 9.17) is 0 Å². The minimum Gasteiger partial charge on any atom is -0.504 e. The summed E-state index contributed by atoms with van der Waals surface area (Å²) in [6.45, 7) is 1.56. The molecule has 37 heavy (non-hydrogen) atoms. The second-order valence-electron chi connectivity index (χ2n) is 11.3. The zero-order valence-electron chi connectivity index (χ0n) is 20.4. The van der Waals surface area contributed by atoms with Crippen molar-refractivity contribution >= 4 is 9.84 Å². The molecular formula is C27H29F5O4S. The molecule has 2 aromatic rings. The average molecular weight is 545 g/mol. The molecule has 0 saturated heterocycles. The summed E-state index contributed by atoms with van der Waals surface area (Å²) < 4.78 is 94.4. The van der Waals surface area contributed by atoms with E-state index in [1.165, 1.54) is 24.3 Å². The Hall–Kier alpha value is -2.36. The Morgan fingerprint density at radius 3 is 2.16 bits per heavy atom. The summed E-state index contributed by atoms with van der Waals surface area (Å²) in [5, 5.41) is 20.3. The first kappa shape index (κ1) is 26.3. The lowest BCUT2D eigenvalue weighted by Gasteiger charge is -2.55. The van der Waals surface area contributed by atoms with E-state index < -0.39 is 39.2 Å². The van der Waals surface area contributed by atoms with Crippen molar-refractivity contribution < 1.29 is 40.6 Å². The molecule has 0 radical (unpaired) electrons. The molecule has 0 spiro atoms. The van der Waals surface area contributed by atoms with Crippen LogP contribution in [0, 0.1) is 23.2 Å². The van der Waals surface area contributed by atoms with E-state index in [1.54, 1.807) is 19.1 Å². The number of hydrogen-bond donors (Lipinski definition) is 2. The van der Waals surface area contributed by atoms with Gasteiger partial charge in [0.25, 0.3) is 0 Å². The highest BCUT2D eigenvalue weighted by molar-refractivity contribution is 7.90. The molecule has 2 N–H and O–H groups in total. The van der Waals surface area contributed by atoms with Crippen LogP contribution in [-0.4, -0.2) is 37.0 Å². The van der Waals surface area contributed by atoms with Gasteiger partial charge in [-0.1, -0.05) is 19.1 Å². The van der Waals surface area contributed by atoms with Crippen LogP contribution in [0.2, 0.25) is 0 Å². The van der Waals surface area contributed by atoms with Crippen LogP contribution < -0.4 is 0 Å². The van der Waals surface area contributed by atoms with E-state index in [9.17, 15) is 40.6 Å². The maximum atomic E-state index is 14.9. The molecule has 3 aliphatic carbocycles. The first-order valence-corrected chi connectivity index (χ1v) is 14.2. The van der Waals surface area contributed by atoms with Crippen LogP contribution in [0.3, 0.4) is 0 Å². The second kappa shape index (κ2) is 8.32. The Kier molecular flexibility index (Phi) is 5.90. The Morgan fingerprint density at radius 2 is 1.57 bits per heavy atom. The number of hydrogen-bond acceptors (Lipinski definition) is 4. The van der Waals surface area contributed by atoms with Gasteiger partial charge in [-0.2, -0.15) is 22.0 Å². The lowest BCUT2D eigenvalue weighted by molar-refractivity contribution is -0.315. The quantitative estimate of drug-likeness (QED) is 0.339. The van der Waals surface area contributed by atoms with E-state index in [0.29, 0.717) is 18.4 Å². The molecular weight excluding hydrogens is 515 g/mol. The number of benzene rings is 2. The Morgan fingerprint density at radius 1 is 0.946 bits per heavy atom. The molecule has 5 rings (SSSR count). The highest BCUT2D eigenvalue weighted by atomic mass is 32.2. The SMILES string of the molecule is C[C@]12CC(c3ccc(S(C)(=O)=O)cc3)C3c4cc(O)c(O)cc4CC[C@H]3[C@@H]1CCC2C(F)(F)C(F)(F)F. The van der Waals surface area contributed by atoms with Gasteiger partial charge < -0.3 is 10.2 Å². The third-order valence-corrected chi connectivity index (χ3v) is 10.5. The molecule has 2 fully saturated rings. The van der Waals surface area contributed by atoms with Crippen LogP contribution in [0.4, 0.5) is 22.0 Å². The molecule has 6 atom stereocenters. The van der Waals surface area contributed by atoms with Gasteiger partial charge in [0, 0.05) is 12.2 Å². The molecule has 3 aliphatic rings. The highest BCUT2D eigenvalue weighted by Crippen LogP contribution is 2.70. The lowest BCUT2D eigenvalue weighted by Crippen LogP contribution is -2.53. The minimum absolute atomic E-state index is 0.0640. The third kappa shape index (κ3) is 4.01. The summed E-state index contributed by atoms with van der Waals surface area (Å²) >= 11 is 0. The van der Waals surface area contributed by atoms with Gasteiger partial charge in [0.1, 0.15) is 0 Å². The van der Waals surface area contributed by atoms with Crippen molar-refractivity contribution in [1.29, 1.82) is 0 Å². The Balaban J connectivity index is 1.66. The zero-order chi connectivity index (χ0) is 27.1. The van der Waals surface area contributed by atoms with E-state index in [0.717, 1.165) is 17.4 Å². The second-order valence-corrected chi connectivity index (χ2v) is 13.3. The molecule has 2 aromatic carbocycles. The van der Waals surface area contributed by atoms with Gasteiger partial charge in [-0.25, -0.2) is 8.42 Å². The minimum atomic E-state index is -5.65. The van der Waals surface area contributed by atoms with Crippen molar-refractivity contribution in [2.24, 2.45) is 23.2 Å². The van der Waals surface area contributed by atoms with Crippen LogP contribution >= 0.6 is 0 Å². The molecule has 0 aliphatic heterocycles. The standard InChI is InChI=1S/C27H29F5O4S/c1-25-13-19(14-3-6-16(7-4-14)37(2,35)36)24-17(8-5-15-11-21(33)22(34)12-18(15)24)20(25)9-10-23(25)26(28,29)27(30,31)32/h3-4,6-7,11-12,17,19-20,23-24,33-34H,5,8-10,13H2,1-2H3/t17-,19?,20-,23?,24?,25-/m0/s1. The van der Waals surface area contributed by atoms with E-state index in [2.05, 4.69) is 0 Å². The van der Waals surface area contributed by atoms with E-state index in [1.807, 2.05) is 0 Å². The predicted octanol–water partition coefficient (Wildman–Crippen LogP) is 6.56. The number of halogens is 5. The van der Waals surface area contributed by atoms with Gasteiger partial charge in [-0.3, -0.25) is 0 Å². The fraction of sp³-hybridized carbons (Fsp3) is 0.556. The number of rotatable bonds is 3. The van der Waals surface area contributed by atoms with Gasteiger partial charge in [0.2, 0.25) is 0 Å². The van der Waals surface area contributed by atoms with Crippen molar-refractivity contribution in [2.75, 3.05) is 6.26 Å². The lowest BCUT2D eigenvalue weighted by atomic mass is 9.49. The molecule has 202 valence electrons. The van der Waals surface area contributed by atoms with Crippen LogP contribution in [0.15, 0.2) is 41.3 Å². The molecule has 0 heterocycles. The fourth-order valence-electron chi connectivity index (χ4n) is 7.80. The number of alkyl halides is 5. The third-order valence-electron chi connectivity index (χ3n) is 9.38. The topological polar surface area (TPSA) is 74.6 Å². The molecule has 0 amide bonds. The molecule has 10 heteroatoms. The number of fused-ring (bicyclic) bond motifs is 5. The van der Waals surface area contributed by atoms with Crippen molar-refractivity contribution in [3.63, 3.8) is 0 Å². The van der Waals surface area contributed by atoms with Crippen molar-refractivity contribution in [3.8, 4) is 11.5 Å². The maximum Gasteiger partial charge on any atom is 0.453 e. The number of aryl methyl sites for hydroxylation is 1. The summed E-state index contributed by atoms with van der Waals surface area (Å²) in [7, 11) is -3.49. The van der Waals surface area contributed by atoms with E-state index >= 15 is 0 Å². The molecule has 2 saturated carbocycles. The van der Waals surface area contributed by atoms with Crippen LogP contribution in [0.1, 0.15) is 61.1 Å². The van der Waals surface area contributed by atoms with Gasteiger partial charge >= 0.3 is 12.1 Å². The number of phenolic OH excluding ortho intramolecular Hbond substituents is 2. The van der Waals surface area contributed by atoms with E-state index in [-0.39, 0.29) is 53.4 Å². The molecule has 0 bridgehead atoms. The van der Waals surface area contributed by atoms with Crippen LogP contribution in [0.5, 0.6) is 11.5 Å². The first-order valence-electron chi connectivity index (χ1n) is 12.3. The zero-order valence-corrected chi connectivity index (χ0v) is 21.2. The average Bonchev–Trinajstić information content (AvgIpc) is 3.15. The first-order chi connectivity index (χ1) is 17.1. The predicted molar refractivity (Wildman–Crippen MR) is 127 cm³/mol. The highest BCUT2D eigenvalue weighted by Gasteiger charge is 2.71. The summed E-state index contributed by atoms with van der Waals surface area (Å²) in [6.07, 6.45) is -3.42. The summed E-state index contributed by atoms with van der Waals surface area (Å²) in [4.78, 5) is 0.0849. The molecule has 0 aromatic heterocycles. The molecule has 4 nitrogen and oxygen atoms in total. The maximum absolute atomic E-state index is 14.9. The number of aromatic hydroxyl groups is 2. The molecule has 3 unspecified atom stereocenters. The fourth-order valence-corrected chi connectivity index (χ4v) is 8.43. The van der Waals surface area contributed by atoms with Crippen molar-refractivity contribution in [3.05, 3.63) is 53.1 Å². The monoisotopic (exact) mass is 544 g/mol.